The fraction of sp³-hybridized carbons (Fsp3) is 0.231. The fourth-order valence-corrected chi connectivity index (χ4v) is 3.02. The molecule has 0 atom stereocenters. The third-order valence-electron chi connectivity index (χ3n) is 4.64. The standard InChI is InChI=1S/C26H28N2O3/c1-4-20-9-12-22(13-10-20)27-17-21-11-14-24(25(16-21)30-5-2)31-18-26(29)28-23-8-6-7-19(3)15-23/h6-17H,4-5,18H2,1-3H3,(H,28,29). The number of anilines is 1. The number of ether oxygens (including phenoxy) is 2. The number of nitrogens with one attached hydrogen (secondary N) is 1. The second-order valence-corrected chi connectivity index (χ2v) is 7.12. The number of aliphatic imine (C=N–C) groups is 1. The lowest BCUT2D eigenvalue weighted by atomic mass is 10.1. The van der Waals surface area contributed by atoms with E-state index in [1.807, 2.05) is 62.4 Å². The Balaban J connectivity index is 1.65. The van der Waals surface area contributed by atoms with Crippen LogP contribution in [0.3, 0.4) is 0 Å². The van der Waals surface area contributed by atoms with Gasteiger partial charge in [-0.05, 0) is 79.4 Å². The minimum atomic E-state index is -0.228. The first kappa shape index (κ1) is 22.1. The maximum absolute atomic E-state index is 12.2. The molecule has 0 unspecified atom stereocenters. The Hall–Kier alpha value is -3.60. The predicted molar refractivity (Wildman–Crippen MR) is 126 cm³/mol. The van der Waals surface area contributed by atoms with E-state index in [1.54, 1.807) is 12.3 Å². The SMILES string of the molecule is CCOc1cc(C=Nc2ccc(CC)cc2)ccc1OCC(=O)Nc1cccc(C)c1. The molecule has 3 aromatic carbocycles. The highest BCUT2D eigenvalue weighted by atomic mass is 16.5. The first-order valence-corrected chi connectivity index (χ1v) is 10.5. The molecule has 0 aliphatic rings. The van der Waals surface area contributed by atoms with Gasteiger partial charge >= 0.3 is 0 Å². The maximum atomic E-state index is 12.2. The maximum Gasteiger partial charge on any atom is 0.262 e. The van der Waals surface area contributed by atoms with E-state index in [9.17, 15) is 4.79 Å². The number of rotatable bonds is 9. The van der Waals surface area contributed by atoms with Gasteiger partial charge in [0.15, 0.2) is 18.1 Å². The van der Waals surface area contributed by atoms with E-state index in [2.05, 4.69) is 29.4 Å². The second-order valence-electron chi connectivity index (χ2n) is 7.12. The average Bonchev–Trinajstić information content (AvgIpc) is 2.77. The van der Waals surface area contributed by atoms with Gasteiger partial charge in [0.25, 0.3) is 5.91 Å². The van der Waals surface area contributed by atoms with Crippen LogP contribution in [0.2, 0.25) is 0 Å². The second kappa shape index (κ2) is 11.0. The van der Waals surface area contributed by atoms with E-state index < -0.39 is 0 Å². The van der Waals surface area contributed by atoms with E-state index in [-0.39, 0.29) is 12.5 Å². The van der Waals surface area contributed by atoms with Gasteiger partial charge in [-0.25, -0.2) is 0 Å². The lowest BCUT2D eigenvalue weighted by Gasteiger charge is -2.13. The van der Waals surface area contributed by atoms with Gasteiger partial charge in [0.1, 0.15) is 0 Å². The Kier molecular flexibility index (Phi) is 7.82. The average molecular weight is 417 g/mol. The Morgan fingerprint density at radius 3 is 2.48 bits per heavy atom. The summed E-state index contributed by atoms with van der Waals surface area (Å²) < 4.78 is 11.4. The summed E-state index contributed by atoms with van der Waals surface area (Å²) in [6.07, 6.45) is 2.80. The van der Waals surface area contributed by atoms with Gasteiger partial charge in [0.2, 0.25) is 0 Å². The number of hydrogen-bond donors (Lipinski definition) is 1. The van der Waals surface area contributed by atoms with Crippen LogP contribution in [0.4, 0.5) is 11.4 Å². The molecule has 0 saturated carbocycles. The molecule has 0 aliphatic carbocycles. The highest BCUT2D eigenvalue weighted by Gasteiger charge is 2.09. The molecule has 0 radical (unpaired) electrons. The van der Waals surface area contributed by atoms with Crippen LogP contribution in [-0.4, -0.2) is 25.3 Å². The summed E-state index contributed by atoms with van der Waals surface area (Å²) in [6, 6.07) is 21.4. The van der Waals surface area contributed by atoms with Crippen molar-refractivity contribution in [3.05, 3.63) is 83.4 Å². The van der Waals surface area contributed by atoms with E-state index in [4.69, 9.17) is 9.47 Å². The lowest BCUT2D eigenvalue weighted by molar-refractivity contribution is -0.118. The number of benzene rings is 3. The van der Waals surface area contributed by atoms with Crippen LogP contribution in [0.5, 0.6) is 11.5 Å². The van der Waals surface area contributed by atoms with Crippen molar-refractivity contribution in [1.82, 2.24) is 0 Å². The molecule has 160 valence electrons. The fourth-order valence-electron chi connectivity index (χ4n) is 3.02. The molecule has 5 heteroatoms. The molecule has 0 saturated heterocycles. The number of aryl methyl sites for hydroxylation is 2. The third-order valence-corrected chi connectivity index (χ3v) is 4.64. The first-order chi connectivity index (χ1) is 15.1. The van der Waals surface area contributed by atoms with Crippen LogP contribution in [0.1, 0.15) is 30.5 Å². The zero-order chi connectivity index (χ0) is 22.1. The molecule has 31 heavy (non-hydrogen) atoms. The molecule has 1 amide bonds. The largest absolute Gasteiger partial charge is 0.490 e. The van der Waals surface area contributed by atoms with Crippen LogP contribution < -0.4 is 14.8 Å². The van der Waals surface area contributed by atoms with Gasteiger partial charge < -0.3 is 14.8 Å². The topological polar surface area (TPSA) is 59.9 Å². The van der Waals surface area contributed by atoms with Crippen LogP contribution in [0.25, 0.3) is 0 Å². The summed E-state index contributed by atoms with van der Waals surface area (Å²) >= 11 is 0. The summed E-state index contributed by atoms with van der Waals surface area (Å²) in [4.78, 5) is 16.8. The summed E-state index contributed by atoms with van der Waals surface area (Å²) in [6.45, 7) is 6.40. The van der Waals surface area contributed by atoms with Crippen molar-refractivity contribution in [2.24, 2.45) is 4.99 Å². The van der Waals surface area contributed by atoms with E-state index in [1.165, 1.54) is 5.56 Å². The van der Waals surface area contributed by atoms with Crippen LogP contribution in [0.15, 0.2) is 71.7 Å². The Morgan fingerprint density at radius 2 is 1.77 bits per heavy atom. The van der Waals surface area contributed by atoms with Gasteiger partial charge in [-0.3, -0.25) is 9.79 Å². The molecule has 3 aromatic rings. The molecular weight excluding hydrogens is 388 g/mol. The Labute approximate surface area is 183 Å². The number of hydrogen-bond acceptors (Lipinski definition) is 4. The summed E-state index contributed by atoms with van der Waals surface area (Å²) in [5, 5.41) is 2.84. The van der Waals surface area contributed by atoms with E-state index in [0.29, 0.717) is 18.1 Å². The molecule has 3 rings (SSSR count). The zero-order valence-corrected chi connectivity index (χ0v) is 18.2. The van der Waals surface area contributed by atoms with E-state index >= 15 is 0 Å². The van der Waals surface area contributed by atoms with Gasteiger partial charge in [-0.15, -0.1) is 0 Å². The van der Waals surface area contributed by atoms with E-state index in [0.717, 1.165) is 28.9 Å². The van der Waals surface area contributed by atoms with Crippen molar-refractivity contribution in [3.8, 4) is 11.5 Å². The molecule has 0 fully saturated rings. The van der Waals surface area contributed by atoms with Gasteiger partial charge in [-0.2, -0.15) is 0 Å². The summed E-state index contributed by atoms with van der Waals surface area (Å²) in [5.41, 5.74) is 4.89. The summed E-state index contributed by atoms with van der Waals surface area (Å²) in [7, 11) is 0. The molecule has 5 nitrogen and oxygen atoms in total. The Morgan fingerprint density at radius 1 is 0.968 bits per heavy atom. The van der Waals surface area contributed by atoms with Gasteiger partial charge in [0.05, 0.1) is 12.3 Å². The van der Waals surface area contributed by atoms with Gasteiger partial charge in [0, 0.05) is 11.9 Å². The number of carbonyl (C=O) groups excluding carboxylic acids is 1. The van der Waals surface area contributed by atoms with Crippen molar-refractivity contribution >= 4 is 23.5 Å². The van der Waals surface area contributed by atoms with Crippen molar-refractivity contribution in [1.29, 1.82) is 0 Å². The van der Waals surface area contributed by atoms with Crippen LogP contribution in [0, 0.1) is 6.92 Å². The smallest absolute Gasteiger partial charge is 0.262 e. The molecule has 0 spiro atoms. The predicted octanol–water partition coefficient (Wildman–Crippen LogP) is 5.72. The van der Waals surface area contributed by atoms with Crippen molar-refractivity contribution < 1.29 is 14.3 Å². The molecule has 1 N–H and O–H groups in total. The van der Waals surface area contributed by atoms with Crippen molar-refractivity contribution in [2.75, 3.05) is 18.5 Å². The minimum absolute atomic E-state index is 0.106. The monoisotopic (exact) mass is 416 g/mol. The normalized spacial score (nSPS) is 10.8. The minimum Gasteiger partial charge on any atom is -0.490 e. The zero-order valence-electron chi connectivity index (χ0n) is 18.2. The van der Waals surface area contributed by atoms with Crippen molar-refractivity contribution in [2.45, 2.75) is 27.2 Å². The quantitative estimate of drug-likeness (QED) is 0.454. The number of amides is 1. The highest BCUT2D eigenvalue weighted by Crippen LogP contribution is 2.28. The summed E-state index contributed by atoms with van der Waals surface area (Å²) in [5.74, 6) is 0.871. The van der Waals surface area contributed by atoms with Crippen LogP contribution >= 0.6 is 0 Å². The van der Waals surface area contributed by atoms with Gasteiger partial charge in [-0.1, -0.05) is 31.2 Å². The highest BCUT2D eigenvalue weighted by molar-refractivity contribution is 5.92. The van der Waals surface area contributed by atoms with Crippen LogP contribution in [-0.2, 0) is 11.2 Å². The molecular formula is C26H28N2O3. The first-order valence-electron chi connectivity index (χ1n) is 10.5. The number of carbonyl (C=O) groups is 1. The molecule has 0 aliphatic heterocycles. The lowest BCUT2D eigenvalue weighted by Crippen LogP contribution is -2.20. The number of nitrogens with zero attached hydrogens (tertiary/aromatic N) is 1. The third kappa shape index (κ3) is 6.71. The molecule has 0 bridgehead atoms. The van der Waals surface area contributed by atoms with Crippen molar-refractivity contribution in [3.63, 3.8) is 0 Å². The molecule has 0 heterocycles. The molecule has 0 aromatic heterocycles. The Bertz CT molecular complexity index is 1040.